The Morgan fingerprint density at radius 3 is 2.58 bits per heavy atom. The Morgan fingerprint density at radius 1 is 1.06 bits per heavy atom. The van der Waals surface area contributed by atoms with Crippen molar-refractivity contribution >= 4 is 11.9 Å². The van der Waals surface area contributed by atoms with Gasteiger partial charge in [0.05, 0.1) is 25.7 Å². The van der Waals surface area contributed by atoms with Crippen molar-refractivity contribution in [2.24, 2.45) is 0 Å². The Balaban J connectivity index is 1.54. The van der Waals surface area contributed by atoms with Crippen molar-refractivity contribution in [1.82, 2.24) is 9.88 Å². The van der Waals surface area contributed by atoms with E-state index in [1.807, 2.05) is 30.3 Å². The lowest BCUT2D eigenvalue weighted by Crippen LogP contribution is -2.36. The summed E-state index contributed by atoms with van der Waals surface area (Å²) in [7, 11) is 0. The van der Waals surface area contributed by atoms with Crippen molar-refractivity contribution < 1.29 is 28.9 Å². The number of rotatable bonds is 10. The highest BCUT2D eigenvalue weighted by molar-refractivity contribution is 5.78. The van der Waals surface area contributed by atoms with E-state index in [2.05, 4.69) is 5.32 Å². The molecule has 1 amide bonds. The first kappa shape index (κ1) is 25.0. The van der Waals surface area contributed by atoms with Crippen LogP contribution in [0.4, 0.5) is 0 Å². The summed E-state index contributed by atoms with van der Waals surface area (Å²) < 4.78 is 17.1. The third-order valence-corrected chi connectivity index (χ3v) is 5.93. The van der Waals surface area contributed by atoms with E-state index < -0.39 is 23.8 Å². The van der Waals surface area contributed by atoms with E-state index in [1.165, 1.54) is 10.8 Å². The molecule has 0 saturated carbocycles. The summed E-state index contributed by atoms with van der Waals surface area (Å²) >= 11 is 0. The summed E-state index contributed by atoms with van der Waals surface area (Å²) in [6, 6.07) is 17.0. The van der Waals surface area contributed by atoms with Gasteiger partial charge in [-0.3, -0.25) is 14.4 Å². The van der Waals surface area contributed by atoms with Gasteiger partial charge in [-0.15, -0.1) is 0 Å². The Bertz CT molecular complexity index is 1270. The summed E-state index contributed by atoms with van der Waals surface area (Å²) in [4.78, 5) is 38.4. The quantitative estimate of drug-likeness (QED) is 0.418. The van der Waals surface area contributed by atoms with Gasteiger partial charge < -0.3 is 29.2 Å². The van der Waals surface area contributed by atoms with E-state index in [-0.39, 0.29) is 38.5 Å². The lowest BCUT2D eigenvalue weighted by atomic mass is 9.93. The van der Waals surface area contributed by atoms with E-state index >= 15 is 0 Å². The monoisotopic (exact) mass is 492 g/mol. The molecule has 2 aromatic carbocycles. The number of nitrogens with one attached hydrogen (secondary N) is 1. The van der Waals surface area contributed by atoms with Crippen LogP contribution in [0.3, 0.4) is 0 Å². The second-order valence-electron chi connectivity index (χ2n) is 8.28. The van der Waals surface area contributed by atoms with E-state index in [1.54, 1.807) is 37.3 Å². The van der Waals surface area contributed by atoms with Crippen LogP contribution in [0, 0.1) is 0 Å². The molecule has 0 bridgehead atoms. The molecule has 2 N–H and O–H groups in total. The number of fused-ring (bicyclic) bond motifs is 1. The van der Waals surface area contributed by atoms with Crippen LogP contribution in [-0.4, -0.2) is 41.6 Å². The van der Waals surface area contributed by atoms with E-state index in [0.29, 0.717) is 22.6 Å². The van der Waals surface area contributed by atoms with Crippen LogP contribution in [0.15, 0.2) is 71.7 Å². The molecule has 0 radical (unpaired) electrons. The number of aliphatic hydroxyl groups excluding tert-OH is 1. The van der Waals surface area contributed by atoms with Gasteiger partial charge in [0.2, 0.25) is 12.7 Å². The molecule has 9 heteroatoms. The molecule has 4 rings (SSSR count). The van der Waals surface area contributed by atoms with Crippen LogP contribution in [-0.2, 0) is 20.9 Å². The molecule has 36 heavy (non-hydrogen) atoms. The molecule has 3 aromatic rings. The molecule has 1 aliphatic rings. The van der Waals surface area contributed by atoms with Crippen molar-refractivity contribution in [1.29, 1.82) is 0 Å². The van der Waals surface area contributed by atoms with Gasteiger partial charge in [0, 0.05) is 17.7 Å². The second-order valence-corrected chi connectivity index (χ2v) is 8.28. The van der Waals surface area contributed by atoms with Gasteiger partial charge in [0.1, 0.15) is 6.54 Å². The van der Waals surface area contributed by atoms with Gasteiger partial charge in [-0.25, -0.2) is 0 Å². The number of benzene rings is 2. The minimum atomic E-state index is -0.695. The number of carbonyl (C=O) groups is 2. The van der Waals surface area contributed by atoms with Crippen LogP contribution in [0.5, 0.6) is 11.5 Å². The van der Waals surface area contributed by atoms with E-state index in [0.717, 1.165) is 5.56 Å². The predicted molar refractivity (Wildman–Crippen MR) is 131 cm³/mol. The molecular formula is C27H28N2O7. The summed E-state index contributed by atoms with van der Waals surface area (Å²) in [5.41, 5.74) is 1.46. The molecule has 1 aliphatic heterocycles. The molecule has 0 spiro atoms. The first-order chi connectivity index (χ1) is 17.5. The number of amides is 1. The van der Waals surface area contributed by atoms with E-state index in [4.69, 9.17) is 14.2 Å². The molecule has 0 fully saturated rings. The highest BCUT2D eigenvalue weighted by Crippen LogP contribution is 2.35. The van der Waals surface area contributed by atoms with Crippen molar-refractivity contribution in [2.45, 2.75) is 31.8 Å². The zero-order valence-corrected chi connectivity index (χ0v) is 19.9. The van der Waals surface area contributed by atoms with Gasteiger partial charge in [-0.1, -0.05) is 42.5 Å². The maximum atomic E-state index is 13.2. The summed E-state index contributed by atoms with van der Waals surface area (Å²) in [6.07, 6.45) is 1.43. The average Bonchev–Trinajstić information content (AvgIpc) is 3.35. The zero-order chi connectivity index (χ0) is 25.5. The molecule has 9 nitrogen and oxygen atoms in total. The minimum Gasteiger partial charge on any atom is -0.466 e. The van der Waals surface area contributed by atoms with Crippen molar-refractivity contribution in [3.8, 4) is 11.5 Å². The number of nitrogens with zero attached hydrogens (tertiary/aromatic N) is 1. The first-order valence-corrected chi connectivity index (χ1v) is 11.7. The number of ether oxygens (including phenoxy) is 3. The summed E-state index contributed by atoms with van der Waals surface area (Å²) in [5, 5.41) is 12.8. The normalized spacial score (nSPS) is 13.6. The molecule has 1 aromatic heterocycles. The van der Waals surface area contributed by atoms with Gasteiger partial charge in [-0.2, -0.15) is 0 Å². The molecule has 0 aliphatic carbocycles. The topological polar surface area (TPSA) is 116 Å². The van der Waals surface area contributed by atoms with Gasteiger partial charge in [0.15, 0.2) is 11.5 Å². The van der Waals surface area contributed by atoms with Crippen molar-refractivity contribution in [3.63, 3.8) is 0 Å². The minimum absolute atomic E-state index is 0.0885. The Hall–Kier alpha value is -4.11. The number of carbonyl (C=O) groups excluding carboxylic acids is 2. The fourth-order valence-electron chi connectivity index (χ4n) is 4.18. The number of aromatic nitrogens is 1. The fourth-order valence-corrected chi connectivity index (χ4v) is 4.18. The Morgan fingerprint density at radius 2 is 1.83 bits per heavy atom. The van der Waals surface area contributed by atoms with Crippen molar-refractivity contribution in [2.75, 3.05) is 20.0 Å². The van der Waals surface area contributed by atoms with Gasteiger partial charge in [0.25, 0.3) is 5.56 Å². The van der Waals surface area contributed by atoms with Crippen LogP contribution < -0.4 is 20.3 Å². The number of hydrogen-bond donors (Lipinski definition) is 2. The van der Waals surface area contributed by atoms with Crippen LogP contribution >= 0.6 is 0 Å². The van der Waals surface area contributed by atoms with Crippen LogP contribution in [0.2, 0.25) is 0 Å². The number of pyridine rings is 1. The molecular weight excluding hydrogens is 464 g/mol. The number of esters is 1. The zero-order valence-electron chi connectivity index (χ0n) is 19.9. The van der Waals surface area contributed by atoms with Gasteiger partial charge in [-0.05, 0) is 36.2 Å². The fraction of sp³-hybridized carbons (Fsp3) is 0.296. The lowest BCUT2D eigenvalue weighted by Gasteiger charge is -2.20. The smallest absolute Gasteiger partial charge is 0.308 e. The highest BCUT2D eigenvalue weighted by atomic mass is 16.7. The SMILES string of the molecule is CCOC(=O)CC(NC(=O)Cn1cccc(C(CO)c2ccccc2)c1=O)c1ccc2c(c1)OCO2. The molecule has 2 atom stereocenters. The molecule has 2 unspecified atom stereocenters. The predicted octanol–water partition coefficient (Wildman–Crippen LogP) is 2.51. The Labute approximate surface area is 208 Å². The lowest BCUT2D eigenvalue weighted by molar-refractivity contribution is -0.143. The number of hydrogen-bond acceptors (Lipinski definition) is 7. The summed E-state index contributed by atoms with van der Waals surface area (Å²) in [6.45, 7) is 1.52. The second kappa shape index (κ2) is 11.5. The largest absolute Gasteiger partial charge is 0.466 e. The maximum Gasteiger partial charge on any atom is 0.308 e. The average molecular weight is 493 g/mol. The highest BCUT2D eigenvalue weighted by Gasteiger charge is 2.24. The van der Waals surface area contributed by atoms with Crippen LogP contribution in [0.25, 0.3) is 0 Å². The molecule has 2 heterocycles. The first-order valence-electron chi connectivity index (χ1n) is 11.7. The number of aliphatic hydroxyl groups is 1. The standard InChI is InChI=1S/C27H28N2O7/c1-2-34-26(32)14-22(19-10-11-23-24(13-19)36-17-35-23)28-25(31)15-29-12-6-9-20(27(29)33)21(16-30)18-7-4-3-5-8-18/h3-13,21-22,30H,2,14-17H2,1H3,(H,28,31). The van der Waals surface area contributed by atoms with Crippen molar-refractivity contribution in [3.05, 3.63) is 93.9 Å². The third-order valence-electron chi connectivity index (χ3n) is 5.93. The molecule has 188 valence electrons. The summed E-state index contributed by atoms with van der Waals surface area (Å²) in [5.74, 6) is -0.329. The Kier molecular flexibility index (Phi) is 8.02. The van der Waals surface area contributed by atoms with Crippen LogP contribution in [0.1, 0.15) is 42.0 Å². The van der Waals surface area contributed by atoms with Gasteiger partial charge >= 0.3 is 5.97 Å². The molecule has 0 saturated heterocycles. The maximum absolute atomic E-state index is 13.2. The van der Waals surface area contributed by atoms with E-state index in [9.17, 15) is 19.5 Å². The third kappa shape index (κ3) is 5.75.